The zero-order valence-electron chi connectivity index (χ0n) is 10.9. The van der Waals surface area contributed by atoms with E-state index in [1.54, 1.807) is 32.1 Å². The summed E-state index contributed by atoms with van der Waals surface area (Å²) >= 11 is 0. The summed E-state index contributed by atoms with van der Waals surface area (Å²) in [4.78, 5) is 0. The maximum Gasteiger partial charge on any atom is 0.0244 e. The minimum atomic E-state index is 0.720. The van der Waals surface area contributed by atoms with Crippen molar-refractivity contribution < 1.29 is 0 Å². The molecule has 0 aromatic carbocycles. The van der Waals surface area contributed by atoms with E-state index >= 15 is 0 Å². The van der Waals surface area contributed by atoms with Gasteiger partial charge in [0, 0.05) is 12.6 Å². The first-order valence-electron chi connectivity index (χ1n) is 7.81. The number of rotatable bonds is 2. The van der Waals surface area contributed by atoms with Crippen molar-refractivity contribution in [3.8, 4) is 0 Å². The van der Waals surface area contributed by atoms with E-state index in [1.165, 1.54) is 19.3 Å². The minimum absolute atomic E-state index is 0.720. The summed E-state index contributed by atoms with van der Waals surface area (Å²) in [5.41, 5.74) is 0. The molecule has 0 aromatic heterocycles. The summed E-state index contributed by atoms with van der Waals surface area (Å²) in [5.74, 6) is 11.6. The van der Waals surface area contributed by atoms with E-state index < -0.39 is 0 Å². The molecule has 2 heteroatoms. The Labute approximate surface area is 105 Å². The molecule has 0 amide bonds. The second-order valence-electron chi connectivity index (χ2n) is 7.36. The Kier molecular flexibility index (Phi) is 2.52. The summed E-state index contributed by atoms with van der Waals surface area (Å²) in [6.45, 7) is 1.14. The van der Waals surface area contributed by atoms with Gasteiger partial charge in [-0.25, -0.2) is 5.01 Å². The van der Waals surface area contributed by atoms with E-state index in [9.17, 15) is 0 Å². The highest BCUT2D eigenvalue weighted by Crippen LogP contribution is 2.57. The van der Waals surface area contributed by atoms with Crippen molar-refractivity contribution in [2.24, 2.45) is 35.4 Å². The Morgan fingerprint density at radius 3 is 2.12 bits per heavy atom. The van der Waals surface area contributed by atoms with E-state index in [0.29, 0.717) is 0 Å². The van der Waals surface area contributed by atoms with Gasteiger partial charge in [0.1, 0.15) is 0 Å². The van der Waals surface area contributed by atoms with E-state index in [1.807, 2.05) is 0 Å². The Morgan fingerprint density at radius 2 is 1.59 bits per heavy atom. The Bertz CT molecular complexity index is 273. The molecule has 5 fully saturated rings. The molecule has 17 heavy (non-hydrogen) atoms. The first-order valence-corrected chi connectivity index (χ1v) is 7.81. The predicted molar refractivity (Wildman–Crippen MR) is 69.1 cm³/mol. The van der Waals surface area contributed by atoms with Crippen molar-refractivity contribution in [3.63, 3.8) is 0 Å². The Balaban J connectivity index is 1.47. The summed E-state index contributed by atoms with van der Waals surface area (Å²) < 4.78 is 0. The van der Waals surface area contributed by atoms with Crippen molar-refractivity contribution in [1.29, 1.82) is 0 Å². The standard InChI is InChI=1S/C15H26N2/c16-17-3-1-2-14(17)9-15-12-5-10-4-11(7-12)8-13(15)6-10/h10-15H,1-9,16H2. The molecule has 5 rings (SSSR count). The highest BCUT2D eigenvalue weighted by Gasteiger charge is 2.48. The van der Waals surface area contributed by atoms with Crippen molar-refractivity contribution in [1.82, 2.24) is 5.01 Å². The van der Waals surface area contributed by atoms with Crippen LogP contribution in [0.5, 0.6) is 0 Å². The minimum Gasteiger partial charge on any atom is -0.269 e. The summed E-state index contributed by atoms with van der Waals surface area (Å²) in [6.07, 6.45) is 11.9. The van der Waals surface area contributed by atoms with Crippen LogP contribution in [0.1, 0.15) is 51.4 Å². The zero-order valence-corrected chi connectivity index (χ0v) is 10.9. The van der Waals surface area contributed by atoms with Crippen molar-refractivity contribution in [2.45, 2.75) is 57.4 Å². The van der Waals surface area contributed by atoms with Crippen LogP contribution in [0.15, 0.2) is 0 Å². The molecule has 0 spiro atoms. The lowest BCUT2D eigenvalue weighted by Gasteiger charge is -2.55. The molecule has 1 saturated heterocycles. The predicted octanol–water partition coefficient (Wildman–Crippen LogP) is 2.79. The molecular weight excluding hydrogens is 208 g/mol. The smallest absolute Gasteiger partial charge is 0.0244 e. The summed E-state index contributed by atoms with van der Waals surface area (Å²) in [6, 6.07) is 0.720. The average Bonchev–Trinajstić information content (AvgIpc) is 2.68. The van der Waals surface area contributed by atoms with Crippen LogP contribution in [0.25, 0.3) is 0 Å². The third-order valence-electron chi connectivity index (χ3n) is 6.39. The molecule has 4 aliphatic carbocycles. The van der Waals surface area contributed by atoms with Crippen molar-refractivity contribution in [3.05, 3.63) is 0 Å². The number of hydrazine groups is 1. The van der Waals surface area contributed by atoms with Gasteiger partial charge in [-0.05, 0) is 81.0 Å². The van der Waals surface area contributed by atoms with Gasteiger partial charge in [0.25, 0.3) is 0 Å². The molecule has 4 saturated carbocycles. The number of hydrogen-bond donors (Lipinski definition) is 1. The highest BCUT2D eigenvalue weighted by atomic mass is 15.4. The van der Waals surface area contributed by atoms with E-state index in [-0.39, 0.29) is 0 Å². The van der Waals surface area contributed by atoms with Crippen LogP contribution in [0.3, 0.4) is 0 Å². The molecule has 5 aliphatic rings. The van der Waals surface area contributed by atoms with Gasteiger partial charge in [-0.15, -0.1) is 0 Å². The van der Waals surface area contributed by atoms with Crippen molar-refractivity contribution in [2.75, 3.05) is 6.54 Å². The van der Waals surface area contributed by atoms with Gasteiger partial charge in [-0.3, -0.25) is 5.84 Å². The lowest BCUT2D eigenvalue weighted by molar-refractivity contribution is -0.0474. The molecule has 96 valence electrons. The van der Waals surface area contributed by atoms with Gasteiger partial charge in [0.2, 0.25) is 0 Å². The van der Waals surface area contributed by atoms with Gasteiger partial charge >= 0.3 is 0 Å². The molecule has 1 unspecified atom stereocenters. The van der Waals surface area contributed by atoms with Crippen LogP contribution < -0.4 is 5.84 Å². The van der Waals surface area contributed by atoms with E-state index in [4.69, 9.17) is 5.84 Å². The van der Waals surface area contributed by atoms with Gasteiger partial charge in [-0.1, -0.05) is 0 Å². The Hall–Kier alpha value is -0.0800. The van der Waals surface area contributed by atoms with Gasteiger partial charge in [0.15, 0.2) is 0 Å². The lowest BCUT2D eigenvalue weighted by atomic mass is 9.51. The molecule has 2 N–H and O–H groups in total. The van der Waals surface area contributed by atoms with Crippen molar-refractivity contribution >= 4 is 0 Å². The second kappa shape index (κ2) is 3.96. The average molecular weight is 234 g/mol. The maximum atomic E-state index is 6.12. The monoisotopic (exact) mass is 234 g/mol. The van der Waals surface area contributed by atoms with E-state index in [0.717, 1.165) is 42.2 Å². The van der Waals surface area contributed by atoms with Crippen LogP contribution in [0.4, 0.5) is 0 Å². The number of nitrogens with zero attached hydrogens (tertiary/aromatic N) is 1. The van der Waals surface area contributed by atoms with Crippen LogP contribution in [-0.4, -0.2) is 17.6 Å². The first kappa shape index (κ1) is 10.8. The quantitative estimate of drug-likeness (QED) is 0.744. The second-order valence-corrected chi connectivity index (χ2v) is 7.36. The summed E-state index contributed by atoms with van der Waals surface area (Å²) in [5, 5.41) is 2.14. The molecule has 4 bridgehead atoms. The number of hydrogen-bond acceptors (Lipinski definition) is 2. The Morgan fingerprint density at radius 1 is 0.941 bits per heavy atom. The third-order valence-corrected chi connectivity index (χ3v) is 6.39. The van der Waals surface area contributed by atoms with Gasteiger partial charge in [-0.2, -0.15) is 0 Å². The largest absolute Gasteiger partial charge is 0.269 e. The first-order chi connectivity index (χ1) is 8.29. The zero-order chi connectivity index (χ0) is 11.4. The summed E-state index contributed by atoms with van der Waals surface area (Å²) in [7, 11) is 0. The fourth-order valence-electron chi connectivity index (χ4n) is 5.85. The van der Waals surface area contributed by atoms with Crippen LogP contribution in [0, 0.1) is 29.6 Å². The molecule has 0 radical (unpaired) electrons. The SMILES string of the molecule is NN1CCCC1CC1C2CC3CC(C2)CC1C3. The molecule has 0 aromatic rings. The normalized spacial score (nSPS) is 53.5. The third kappa shape index (κ3) is 1.76. The van der Waals surface area contributed by atoms with Crippen LogP contribution in [-0.2, 0) is 0 Å². The van der Waals surface area contributed by atoms with Gasteiger partial charge < -0.3 is 0 Å². The fraction of sp³-hybridized carbons (Fsp3) is 1.00. The maximum absolute atomic E-state index is 6.12. The molecular formula is C15H26N2. The van der Waals surface area contributed by atoms with Crippen LogP contribution >= 0.6 is 0 Å². The fourth-order valence-corrected chi connectivity index (χ4v) is 5.85. The topological polar surface area (TPSA) is 29.3 Å². The molecule has 1 heterocycles. The van der Waals surface area contributed by atoms with Crippen LogP contribution in [0.2, 0.25) is 0 Å². The molecule has 2 nitrogen and oxygen atoms in total. The van der Waals surface area contributed by atoms with E-state index in [2.05, 4.69) is 5.01 Å². The molecule has 1 atom stereocenters. The lowest BCUT2D eigenvalue weighted by Crippen LogP contribution is -2.47. The highest BCUT2D eigenvalue weighted by molar-refractivity contribution is 4.99. The number of nitrogens with two attached hydrogens (primary N) is 1. The van der Waals surface area contributed by atoms with Gasteiger partial charge in [0.05, 0.1) is 0 Å². The molecule has 1 aliphatic heterocycles.